The van der Waals surface area contributed by atoms with Gasteiger partial charge in [-0.1, -0.05) is 20.8 Å². The predicted molar refractivity (Wildman–Crippen MR) is 61.3 cm³/mol. The van der Waals surface area contributed by atoms with Gasteiger partial charge >= 0.3 is 0 Å². The minimum atomic E-state index is 0.741. The summed E-state index contributed by atoms with van der Waals surface area (Å²) in [6, 6.07) is 0. The maximum absolute atomic E-state index is 2.64. The molecule has 0 aromatic carbocycles. The summed E-state index contributed by atoms with van der Waals surface area (Å²) in [6.07, 6.45) is 5.99. The first-order chi connectivity index (χ1) is 6.65. The average Bonchev–Trinajstić information content (AvgIpc) is 2.74. The molecule has 1 spiro atoms. The van der Waals surface area contributed by atoms with E-state index in [1.54, 1.807) is 0 Å². The van der Waals surface area contributed by atoms with Gasteiger partial charge in [0.05, 0.1) is 0 Å². The summed E-state index contributed by atoms with van der Waals surface area (Å²) in [6.45, 7) is 11.1. The molecule has 1 saturated carbocycles. The van der Waals surface area contributed by atoms with Crippen LogP contribution in [0.25, 0.3) is 0 Å². The van der Waals surface area contributed by atoms with E-state index in [0.29, 0.717) is 0 Å². The molecule has 2 rings (SSSR count). The van der Waals surface area contributed by atoms with Crippen LogP contribution in [-0.4, -0.2) is 24.5 Å². The van der Waals surface area contributed by atoms with Crippen molar-refractivity contribution < 1.29 is 0 Å². The van der Waals surface area contributed by atoms with Gasteiger partial charge < -0.3 is 4.90 Å². The van der Waals surface area contributed by atoms with Crippen molar-refractivity contribution in [3.63, 3.8) is 0 Å². The Morgan fingerprint density at radius 1 is 1.36 bits per heavy atom. The molecule has 1 heteroatoms. The third kappa shape index (κ3) is 1.84. The molecule has 1 aliphatic carbocycles. The van der Waals surface area contributed by atoms with E-state index < -0.39 is 0 Å². The van der Waals surface area contributed by atoms with E-state index in [9.17, 15) is 0 Å². The van der Waals surface area contributed by atoms with Gasteiger partial charge in [0.25, 0.3) is 0 Å². The molecular formula is C13H25N. The van der Waals surface area contributed by atoms with E-state index in [0.717, 1.165) is 17.3 Å². The van der Waals surface area contributed by atoms with Crippen molar-refractivity contribution >= 4 is 0 Å². The van der Waals surface area contributed by atoms with E-state index >= 15 is 0 Å². The molecule has 2 fully saturated rings. The van der Waals surface area contributed by atoms with Gasteiger partial charge in [-0.2, -0.15) is 0 Å². The standard InChI is InChI=1S/C13H25N/c1-4-14-8-7-13(10-14)6-5-12(9-13)11(2)3/h11-12H,4-10H2,1-3H3. The smallest absolute Gasteiger partial charge is 0.00384 e. The van der Waals surface area contributed by atoms with Crippen LogP contribution in [0.5, 0.6) is 0 Å². The van der Waals surface area contributed by atoms with E-state index in [1.165, 1.54) is 45.3 Å². The first-order valence-corrected chi connectivity index (χ1v) is 6.37. The molecule has 0 bridgehead atoms. The third-order valence-electron chi connectivity index (χ3n) is 4.65. The predicted octanol–water partition coefficient (Wildman–Crippen LogP) is 3.15. The average molecular weight is 195 g/mol. The van der Waals surface area contributed by atoms with Crippen LogP contribution in [0.15, 0.2) is 0 Å². The summed E-state index contributed by atoms with van der Waals surface area (Å²) < 4.78 is 0. The highest BCUT2D eigenvalue weighted by molar-refractivity contribution is 4.96. The zero-order chi connectivity index (χ0) is 10.2. The Morgan fingerprint density at radius 2 is 2.14 bits per heavy atom. The minimum absolute atomic E-state index is 0.741. The lowest BCUT2D eigenvalue weighted by molar-refractivity contribution is 0.250. The third-order valence-corrected chi connectivity index (χ3v) is 4.65. The SMILES string of the molecule is CCN1CCC2(CCC(C(C)C)C2)C1. The van der Waals surface area contributed by atoms with Gasteiger partial charge in [0, 0.05) is 6.54 Å². The molecule has 2 aliphatic rings. The van der Waals surface area contributed by atoms with Gasteiger partial charge in [-0.15, -0.1) is 0 Å². The first kappa shape index (κ1) is 10.5. The van der Waals surface area contributed by atoms with Gasteiger partial charge in [-0.25, -0.2) is 0 Å². The molecule has 1 nitrogen and oxygen atoms in total. The molecule has 0 radical (unpaired) electrons. The van der Waals surface area contributed by atoms with E-state index in [1.807, 2.05) is 0 Å². The number of rotatable bonds is 2. The Hall–Kier alpha value is -0.0400. The Kier molecular flexibility index (Phi) is 2.88. The van der Waals surface area contributed by atoms with Crippen molar-refractivity contribution in [2.45, 2.75) is 46.5 Å². The lowest BCUT2D eigenvalue weighted by Crippen LogP contribution is -2.25. The number of nitrogens with zero attached hydrogens (tertiary/aromatic N) is 1. The maximum atomic E-state index is 2.64. The molecule has 0 amide bonds. The van der Waals surface area contributed by atoms with Crippen LogP contribution in [-0.2, 0) is 0 Å². The second-order valence-corrected chi connectivity index (χ2v) is 5.87. The molecule has 1 heterocycles. The zero-order valence-electron chi connectivity index (χ0n) is 10.1. The van der Waals surface area contributed by atoms with E-state index in [2.05, 4.69) is 25.7 Å². The Balaban J connectivity index is 1.94. The largest absolute Gasteiger partial charge is 0.303 e. The Labute approximate surface area is 88.9 Å². The van der Waals surface area contributed by atoms with Crippen molar-refractivity contribution in [2.75, 3.05) is 19.6 Å². The molecule has 0 aromatic rings. The summed E-state index contributed by atoms with van der Waals surface area (Å²) in [5, 5.41) is 0. The zero-order valence-corrected chi connectivity index (χ0v) is 10.1. The summed E-state index contributed by atoms with van der Waals surface area (Å²) in [5.74, 6) is 1.93. The van der Waals surface area contributed by atoms with Crippen LogP contribution >= 0.6 is 0 Å². The monoisotopic (exact) mass is 195 g/mol. The van der Waals surface area contributed by atoms with Crippen LogP contribution in [0, 0.1) is 17.3 Å². The molecule has 0 aromatic heterocycles. The van der Waals surface area contributed by atoms with Gasteiger partial charge in [0.2, 0.25) is 0 Å². The second-order valence-electron chi connectivity index (χ2n) is 5.87. The van der Waals surface area contributed by atoms with E-state index in [-0.39, 0.29) is 0 Å². The Bertz CT molecular complexity index is 199. The highest BCUT2D eigenvalue weighted by Crippen LogP contribution is 2.49. The molecule has 0 N–H and O–H groups in total. The fourth-order valence-electron chi connectivity index (χ4n) is 3.49. The molecule has 2 atom stereocenters. The van der Waals surface area contributed by atoms with Gasteiger partial charge in [-0.3, -0.25) is 0 Å². The number of likely N-dealkylation sites (tertiary alicyclic amines) is 1. The minimum Gasteiger partial charge on any atom is -0.303 e. The first-order valence-electron chi connectivity index (χ1n) is 6.37. The van der Waals surface area contributed by atoms with Crippen LogP contribution in [0.3, 0.4) is 0 Å². The maximum Gasteiger partial charge on any atom is 0.00384 e. The number of hydrogen-bond acceptors (Lipinski definition) is 1. The van der Waals surface area contributed by atoms with Crippen LogP contribution in [0.4, 0.5) is 0 Å². The summed E-state index contributed by atoms with van der Waals surface area (Å²) in [4.78, 5) is 2.64. The van der Waals surface area contributed by atoms with Crippen molar-refractivity contribution in [1.82, 2.24) is 4.90 Å². The van der Waals surface area contributed by atoms with Gasteiger partial charge in [0.15, 0.2) is 0 Å². The molecule has 2 unspecified atom stereocenters. The van der Waals surface area contributed by atoms with Crippen LogP contribution < -0.4 is 0 Å². The fraction of sp³-hybridized carbons (Fsp3) is 1.00. The normalized spacial score (nSPS) is 39.0. The molecular weight excluding hydrogens is 170 g/mol. The topological polar surface area (TPSA) is 3.24 Å². The highest BCUT2D eigenvalue weighted by atomic mass is 15.1. The van der Waals surface area contributed by atoms with E-state index in [4.69, 9.17) is 0 Å². The van der Waals surface area contributed by atoms with Crippen molar-refractivity contribution in [1.29, 1.82) is 0 Å². The molecule has 82 valence electrons. The molecule has 14 heavy (non-hydrogen) atoms. The van der Waals surface area contributed by atoms with Crippen molar-refractivity contribution in [2.24, 2.45) is 17.3 Å². The fourth-order valence-corrected chi connectivity index (χ4v) is 3.49. The quantitative estimate of drug-likeness (QED) is 0.654. The second kappa shape index (κ2) is 3.84. The molecule has 1 aliphatic heterocycles. The lowest BCUT2D eigenvalue weighted by Gasteiger charge is -2.24. The highest BCUT2D eigenvalue weighted by Gasteiger charge is 2.43. The van der Waals surface area contributed by atoms with Gasteiger partial charge in [0.1, 0.15) is 0 Å². The summed E-state index contributed by atoms with van der Waals surface area (Å²) >= 11 is 0. The lowest BCUT2D eigenvalue weighted by atomic mass is 9.83. The number of hydrogen-bond donors (Lipinski definition) is 0. The van der Waals surface area contributed by atoms with Gasteiger partial charge in [-0.05, 0) is 56.0 Å². The van der Waals surface area contributed by atoms with Crippen molar-refractivity contribution in [3.8, 4) is 0 Å². The van der Waals surface area contributed by atoms with Crippen molar-refractivity contribution in [3.05, 3.63) is 0 Å². The van der Waals surface area contributed by atoms with Crippen LogP contribution in [0.2, 0.25) is 0 Å². The summed E-state index contributed by atoms with van der Waals surface area (Å²) in [5.41, 5.74) is 0.741. The Morgan fingerprint density at radius 3 is 2.64 bits per heavy atom. The summed E-state index contributed by atoms with van der Waals surface area (Å²) in [7, 11) is 0. The molecule has 1 saturated heterocycles. The van der Waals surface area contributed by atoms with Crippen LogP contribution in [0.1, 0.15) is 46.5 Å².